The third kappa shape index (κ3) is 1.38. The highest BCUT2D eigenvalue weighted by Crippen LogP contribution is 2.72. The van der Waals surface area contributed by atoms with E-state index in [1.165, 1.54) is 21.1 Å². The zero-order valence-corrected chi connectivity index (χ0v) is 12.2. The lowest BCUT2D eigenvalue weighted by atomic mass is 9.78. The maximum absolute atomic E-state index is 12.2. The maximum Gasteiger partial charge on any atom is 0.476 e. The lowest BCUT2D eigenvalue weighted by Gasteiger charge is -2.37. The Hall–Kier alpha value is -0.0100. The Morgan fingerprint density at radius 2 is 1.56 bits per heavy atom. The lowest BCUT2D eigenvalue weighted by Crippen LogP contribution is -2.60. The van der Waals surface area contributed by atoms with Crippen LogP contribution in [0.1, 0.15) is 27.7 Å². The predicted octanol–water partition coefficient (Wildman–Crippen LogP) is 1.41. The number of aliphatic hydroxyl groups is 1. The molecule has 7 nitrogen and oxygen atoms in total. The quantitative estimate of drug-likeness (QED) is 0.766. The Bertz CT molecular complexity index is 424. The fourth-order valence-corrected chi connectivity index (χ4v) is 4.33. The van der Waals surface area contributed by atoms with E-state index in [0.717, 1.165) is 0 Å². The van der Waals surface area contributed by atoms with E-state index < -0.39 is 30.6 Å². The van der Waals surface area contributed by atoms with Gasteiger partial charge in [-0.05, 0) is 27.7 Å². The van der Waals surface area contributed by atoms with Crippen molar-refractivity contribution in [1.29, 1.82) is 0 Å². The Labute approximate surface area is 106 Å². The van der Waals surface area contributed by atoms with Crippen LogP contribution in [-0.2, 0) is 27.6 Å². The van der Waals surface area contributed by atoms with Gasteiger partial charge in [-0.25, -0.2) is 4.57 Å². The van der Waals surface area contributed by atoms with Gasteiger partial charge in [-0.3, -0.25) is 13.6 Å². The molecule has 106 valence electrons. The van der Waals surface area contributed by atoms with Crippen molar-refractivity contribution in [3.8, 4) is 0 Å². The van der Waals surface area contributed by atoms with Crippen LogP contribution in [-0.4, -0.2) is 42.1 Å². The number of phosphoric ester groups is 1. The molecule has 2 rings (SSSR count). The average Bonchev–Trinajstić information content (AvgIpc) is 2.54. The van der Waals surface area contributed by atoms with Gasteiger partial charge >= 0.3 is 7.82 Å². The van der Waals surface area contributed by atoms with E-state index in [1.807, 2.05) is 0 Å². The summed E-state index contributed by atoms with van der Waals surface area (Å²) in [6.07, 6.45) is 0. The standard InChI is InChI=1S/C10H19O7P/c1-7-8(2,17-18(12,14-6)16-7)10(4,13-5)15-9(7,3)11/h11H,1-6H3. The second kappa shape index (κ2) is 3.55. The van der Waals surface area contributed by atoms with E-state index in [4.69, 9.17) is 23.0 Å². The molecule has 2 aliphatic heterocycles. The van der Waals surface area contributed by atoms with Gasteiger partial charge in [0, 0.05) is 14.2 Å². The smallest absolute Gasteiger partial charge is 0.363 e. The number of hydrogen-bond donors (Lipinski definition) is 1. The van der Waals surface area contributed by atoms with Crippen LogP contribution < -0.4 is 0 Å². The van der Waals surface area contributed by atoms with E-state index >= 15 is 0 Å². The second-order valence-electron chi connectivity index (χ2n) is 5.11. The Balaban J connectivity index is 2.60. The molecular formula is C10H19O7P. The first kappa shape index (κ1) is 14.4. The first-order valence-electron chi connectivity index (χ1n) is 5.54. The van der Waals surface area contributed by atoms with Crippen LogP contribution >= 0.6 is 7.82 Å². The van der Waals surface area contributed by atoms with Crippen LogP contribution in [0.4, 0.5) is 0 Å². The molecule has 2 fully saturated rings. The van der Waals surface area contributed by atoms with Gasteiger partial charge in [0.05, 0.1) is 0 Å². The Morgan fingerprint density at radius 1 is 1.06 bits per heavy atom. The first-order chi connectivity index (χ1) is 7.99. The van der Waals surface area contributed by atoms with Gasteiger partial charge in [-0.1, -0.05) is 0 Å². The summed E-state index contributed by atoms with van der Waals surface area (Å²) < 4.78 is 38.6. The van der Waals surface area contributed by atoms with Gasteiger partial charge < -0.3 is 14.6 Å². The molecule has 0 aliphatic carbocycles. The molecule has 0 bridgehead atoms. The van der Waals surface area contributed by atoms with Crippen molar-refractivity contribution in [2.24, 2.45) is 0 Å². The summed E-state index contributed by atoms with van der Waals surface area (Å²) in [7, 11) is -1.13. The highest BCUT2D eigenvalue weighted by atomic mass is 31.2. The van der Waals surface area contributed by atoms with Crippen molar-refractivity contribution in [3.63, 3.8) is 0 Å². The van der Waals surface area contributed by atoms with Gasteiger partial charge in [0.2, 0.25) is 5.79 Å². The molecule has 18 heavy (non-hydrogen) atoms. The molecule has 5 atom stereocenters. The van der Waals surface area contributed by atoms with Crippen molar-refractivity contribution in [1.82, 2.24) is 0 Å². The van der Waals surface area contributed by atoms with Crippen LogP contribution in [0, 0.1) is 0 Å². The largest absolute Gasteiger partial charge is 0.476 e. The summed E-state index contributed by atoms with van der Waals surface area (Å²) >= 11 is 0. The monoisotopic (exact) mass is 282 g/mol. The zero-order valence-electron chi connectivity index (χ0n) is 11.3. The molecule has 0 aromatic heterocycles. The highest BCUT2D eigenvalue weighted by molar-refractivity contribution is 7.48. The molecule has 0 saturated carbocycles. The van der Waals surface area contributed by atoms with Gasteiger partial charge in [0.25, 0.3) is 0 Å². The number of methoxy groups -OCH3 is 1. The Kier molecular flexibility index (Phi) is 2.84. The number of fused-ring (bicyclic) bond motifs is 1. The summed E-state index contributed by atoms with van der Waals surface area (Å²) in [5, 5.41) is 10.4. The van der Waals surface area contributed by atoms with E-state index in [1.54, 1.807) is 20.8 Å². The van der Waals surface area contributed by atoms with E-state index in [2.05, 4.69) is 0 Å². The molecule has 2 heterocycles. The molecule has 0 amide bonds. The van der Waals surface area contributed by atoms with Gasteiger partial charge in [-0.2, -0.15) is 0 Å². The zero-order chi connectivity index (χ0) is 14.0. The molecule has 2 saturated heterocycles. The van der Waals surface area contributed by atoms with Crippen LogP contribution in [0.15, 0.2) is 0 Å². The third-order valence-electron chi connectivity index (χ3n) is 4.26. The molecular weight excluding hydrogens is 263 g/mol. The summed E-state index contributed by atoms with van der Waals surface area (Å²) in [6.45, 7) is 6.15. The lowest BCUT2D eigenvalue weighted by molar-refractivity contribution is -0.316. The molecule has 0 radical (unpaired) electrons. The minimum absolute atomic E-state index is 1.22. The summed E-state index contributed by atoms with van der Waals surface area (Å²) in [5.74, 6) is -3.06. The predicted molar refractivity (Wildman–Crippen MR) is 60.7 cm³/mol. The fraction of sp³-hybridized carbons (Fsp3) is 1.00. The topological polar surface area (TPSA) is 83.5 Å². The molecule has 1 N–H and O–H groups in total. The van der Waals surface area contributed by atoms with Crippen molar-refractivity contribution < 1.29 is 32.7 Å². The fourth-order valence-electron chi connectivity index (χ4n) is 2.57. The van der Waals surface area contributed by atoms with Crippen molar-refractivity contribution >= 4 is 7.82 Å². The van der Waals surface area contributed by atoms with E-state index in [9.17, 15) is 9.67 Å². The molecule has 0 aromatic rings. The third-order valence-corrected chi connectivity index (χ3v) is 5.88. The Morgan fingerprint density at radius 3 is 2.00 bits per heavy atom. The number of ether oxygens (including phenoxy) is 2. The molecule has 8 heteroatoms. The normalized spacial score (nSPS) is 59.9. The number of rotatable bonds is 2. The summed E-state index contributed by atoms with van der Waals surface area (Å²) in [6, 6.07) is 0. The minimum atomic E-state index is -3.75. The summed E-state index contributed by atoms with van der Waals surface area (Å²) in [5.41, 5.74) is -2.68. The van der Waals surface area contributed by atoms with Gasteiger partial charge in [-0.15, -0.1) is 0 Å². The van der Waals surface area contributed by atoms with Crippen LogP contribution in [0.2, 0.25) is 0 Å². The van der Waals surface area contributed by atoms with E-state index in [-0.39, 0.29) is 0 Å². The second-order valence-corrected chi connectivity index (χ2v) is 6.74. The van der Waals surface area contributed by atoms with Crippen molar-refractivity contribution in [3.05, 3.63) is 0 Å². The van der Waals surface area contributed by atoms with Gasteiger partial charge in [0.15, 0.2) is 17.0 Å². The average molecular weight is 282 g/mol. The minimum Gasteiger partial charge on any atom is -0.363 e. The van der Waals surface area contributed by atoms with Gasteiger partial charge in [0.1, 0.15) is 0 Å². The van der Waals surface area contributed by atoms with Crippen molar-refractivity contribution in [2.75, 3.05) is 14.2 Å². The van der Waals surface area contributed by atoms with Crippen molar-refractivity contribution in [2.45, 2.75) is 50.5 Å². The summed E-state index contributed by atoms with van der Waals surface area (Å²) in [4.78, 5) is 0. The molecule has 0 spiro atoms. The molecule has 0 aromatic carbocycles. The highest BCUT2D eigenvalue weighted by Gasteiger charge is 2.82. The molecule has 2 aliphatic rings. The SMILES string of the molecule is COC1(C)OC(C)(O)C2(C)OP(=O)(OC)OC12C. The number of hydrogen-bond acceptors (Lipinski definition) is 7. The van der Waals surface area contributed by atoms with Crippen LogP contribution in [0.3, 0.4) is 0 Å². The van der Waals surface area contributed by atoms with Crippen LogP contribution in [0.5, 0.6) is 0 Å². The molecule has 5 unspecified atom stereocenters. The van der Waals surface area contributed by atoms with E-state index in [0.29, 0.717) is 0 Å². The number of phosphoric acid groups is 1. The van der Waals surface area contributed by atoms with Crippen LogP contribution in [0.25, 0.3) is 0 Å². The first-order valence-corrected chi connectivity index (χ1v) is 7.00. The maximum atomic E-state index is 12.2.